The number of aromatic nitrogens is 1. The second-order valence-electron chi connectivity index (χ2n) is 4.71. The van der Waals surface area contributed by atoms with Crippen LogP contribution in [-0.2, 0) is 0 Å². The van der Waals surface area contributed by atoms with Gasteiger partial charge in [0.1, 0.15) is 11.6 Å². The molecule has 5 heteroatoms. The molecule has 2 aromatic carbocycles. The Hall–Kier alpha value is -2.04. The molecule has 0 saturated carbocycles. The molecule has 0 spiro atoms. The van der Waals surface area contributed by atoms with Gasteiger partial charge in [0.2, 0.25) is 0 Å². The highest BCUT2D eigenvalue weighted by Crippen LogP contribution is 2.30. The van der Waals surface area contributed by atoms with Crippen molar-refractivity contribution in [3.8, 4) is 0 Å². The van der Waals surface area contributed by atoms with Crippen LogP contribution in [0.15, 0.2) is 48.8 Å². The summed E-state index contributed by atoms with van der Waals surface area (Å²) in [5.74, 6) is -1.31. The highest BCUT2D eigenvalue weighted by molar-refractivity contribution is 6.30. The Balaban J connectivity index is 2.17. The quantitative estimate of drug-likeness (QED) is 0.720. The van der Waals surface area contributed by atoms with Crippen LogP contribution in [0.4, 0.5) is 8.78 Å². The zero-order valence-corrected chi connectivity index (χ0v) is 11.6. The fourth-order valence-electron chi connectivity index (χ4n) is 2.36. The molecule has 1 heterocycles. The number of rotatable bonds is 2. The van der Waals surface area contributed by atoms with Gasteiger partial charge < -0.3 is 5.73 Å². The van der Waals surface area contributed by atoms with Crippen LogP contribution in [0.25, 0.3) is 10.8 Å². The number of fused-ring (bicyclic) bond motifs is 1. The first kappa shape index (κ1) is 13.9. The SMILES string of the molecule is NC(c1cc(F)c(Cl)cc1F)c1cccc2cnccc12. The predicted molar refractivity (Wildman–Crippen MR) is 79.1 cm³/mol. The Bertz CT molecular complexity index is 815. The number of nitrogens with two attached hydrogens (primary N) is 1. The lowest BCUT2D eigenvalue weighted by molar-refractivity contribution is 0.577. The molecule has 1 atom stereocenters. The molecule has 1 unspecified atom stereocenters. The molecule has 21 heavy (non-hydrogen) atoms. The van der Waals surface area contributed by atoms with Gasteiger partial charge in [-0.05, 0) is 29.1 Å². The van der Waals surface area contributed by atoms with E-state index < -0.39 is 17.7 Å². The summed E-state index contributed by atoms with van der Waals surface area (Å²) < 4.78 is 27.6. The Morgan fingerprint density at radius 1 is 1.05 bits per heavy atom. The molecule has 3 aromatic rings. The molecule has 1 aromatic heterocycles. The molecule has 3 rings (SSSR count). The van der Waals surface area contributed by atoms with Crippen molar-refractivity contribution in [1.82, 2.24) is 4.98 Å². The van der Waals surface area contributed by atoms with Gasteiger partial charge in [-0.3, -0.25) is 4.98 Å². The molecule has 2 nitrogen and oxygen atoms in total. The van der Waals surface area contributed by atoms with E-state index in [-0.39, 0.29) is 10.6 Å². The average Bonchev–Trinajstić information content (AvgIpc) is 2.49. The Morgan fingerprint density at radius 2 is 1.86 bits per heavy atom. The molecule has 0 aliphatic heterocycles. The molecule has 106 valence electrons. The van der Waals surface area contributed by atoms with Crippen molar-refractivity contribution in [3.63, 3.8) is 0 Å². The van der Waals surface area contributed by atoms with Gasteiger partial charge in [0.25, 0.3) is 0 Å². The lowest BCUT2D eigenvalue weighted by Crippen LogP contribution is -2.14. The van der Waals surface area contributed by atoms with Gasteiger partial charge in [0, 0.05) is 23.3 Å². The summed E-state index contributed by atoms with van der Waals surface area (Å²) in [5, 5.41) is 1.49. The summed E-state index contributed by atoms with van der Waals surface area (Å²) >= 11 is 5.57. The molecule has 2 N–H and O–H groups in total. The highest BCUT2D eigenvalue weighted by atomic mass is 35.5. The van der Waals surface area contributed by atoms with Crippen molar-refractivity contribution in [3.05, 3.63) is 76.6 Å². The molecule has 0 saturated heterocycles. The van der Waals surface area contributed by atoms with Gasteiger partial charge in [0.15, 0.2) is 0 Å². The number of hydrogen-bond donors (Lipinski definition) is 1. The molecule has 0 aliphatic rings. The summed E-state index contributed by atoms with van der Waals surface area (Å²) in [6, 6.07) is 8.48. The topological polar surface area (TPSA) is 38.9 Å². The molecular weight excluding hydrogens is 294 g/mol. The third kappa shape index (κ3) is 2.48. The summed E-state index contributed by atoms with van der Waals surface area (Å²) in [6.45, 7) is 0. The summed E-state index contributed by atoms with van der Waals surface area (Å²) in [5.41, 5.74) is 6.91. The molecule has 0 fully saturated rings. The Labute approximate surface area is 125 Å². The molecular formula is C16H11ClF2N2. The van der Waals surface area contributed by atoms with E-state index in [1.807, 2.05) is 12.1 Å². The maximum Gasteiger partial charge on any atom is 0.142 e. The lowest BCUT2D eigenvalue weighted by atomic mass is 9.95. The van der Waals surface area contributed by atoms with Gasteiger partial charge in [-0.2, -0.15) is 0 Å². The Kier molecular flexibility index (Phi) is 3.57. The van der Waals surface area contributed by atoms with E-state index in [0.29, 0.717) is 5.56 Å². The summed E-state index contributed by atoms with van der Waals surface area (Å²) in [4.78, 5) is 4.04. The van der Waals surface area contributed by atoms with E-state index >= 15 is 0 Å². The number of nitrogens with zero attached hydrogens (tertiary/aromatic N) is 1. The minimum Gasteiger partial charge on any atom is -0.320 e. The Morgan fingerprint density at radius 3 is 2.67 bits per heavy atom. The standard InChI is InChI=1S/C16H11ClF2N2/c17-13-7-14(18)12(6-15(13)19)16(20)11-3-1-2-9-8-21-5-4-10(9)11/h1-8,16H,20H2. The van der Waals surface area contributed by atoms with Crippen molar-refractivity contribution in [1.29, 1.82) is 0 Å². The van der Waals surface area contributed by atoms with Crippen molar-refractivity contribution in [2.45, 2.75) is 6.04 Å². The van der Waals surface area contributed by atoms with Crippen LogP contribution in [0, 0.1) is 11.6 Å². The van der Waals surface area contributed by atoms with Gasteiger partial charge in [-0.15, -0.1) is 0 Å². The predicted octanol–water partition coefficient (Wildman–Crippen LogP) is 4.21. The van der Waals surface area contributed by atoms with Crippen molar-refractivity contribution in [2.24, 2.45) is 5.73 Å². The summed E-state index contributed by atoms with van der Waals surface area (Å²) in [7, 11) is 0. The number of halogens is 3. The minimum atomic E-state index is -0.789. The summed E-state index contributed by atoms with van der Waals surface area (Å²) in [6.07, 6.45) is 3.34. The normalized spacial score (nSPS) is 12.6. The second-order valence-corrected chi connectivity index (χ2v) is 5.12. The van der Waals surface area contributed by atoms with E-state index in [1.54, 1.807) is 24.5 Å². The van der Waals surface area contributed by atoms with E-state index in [0.717, 1.165) is 22.9 Å². The van der Waals surface area contributed by atoms with Crippen LogP contribution in [0.1, 0.15) is 17.2 Å². The third-order valence-electron chi connectivity index (χ3n) is 3.42. The fourth-order valence-corrected chi connectivity index (χ4v) is 2.51. The monoisotopic (exact) mass is 304 g/mol. The zero-order valence-electron chi connectivity index (χ0n) is 10.9. The van der Waals surface area contributed by atoms with Crippen LogP contribution in [-0.4, -0.2) is 4.98 Å². The first-order chi connectivity index (χ1) is 10.1. The van der Waals surface area contributed by atoms with Crippen LogP contribution in [0.3, 0.4) is 0 Å². The van der Waals surface area contributed by atoms with E-state index in [2.05, 4.69) is 4.98 Å². The molecule has 0 bridgehead atoms. The number of hydrogen-bond acceptors (Lipinski definition) is 2. The van der Waals surface area contributed by atoms with E-state index in [1.165, 1.54) is 0 Å². The van der Waals surface area contributed by atoms with Gasteiger partial charge in [0.05, 0.1) is 11.1 Å². The van der Waals surface area contributed by atoms with E-state index in [4.69, 9.17) is 17.3 Å². The van der Waals surface area contributed by atoms with Gasteiger partial charge in [-0.1, -0.05) is 29.8 Å². The maximum atomic E-state index is 14.0. The van der Waals surface area contributed by atoms with Crippen LogP contribution in [0.5, 0.6) is 0 Å². The van der Waals surface area contributed by atoms with Gasteiger partial charge in [-0.25, -0.2) is 8.78 Å². The zero-order chi connectivity index (χ0) is 15.0. The lowest BCUT2D eigenvalue weighted by Gasteiger charge is -2.16. The molecule has 0 aliphatic carbocycles. The smallest absolute Gasteiger partial charge is 0.142 e. The van der Waals surface area contributed by atoms with Crippen LogP contribution < -0.4 is 5.73 Å². The largest absolute Gasteiger partial charge is 0.320 e. The third-order valence-corrected chi connectivity index (χ3v) is 3.71. The average molecular weight is 305 g/mol. The first-order valence-electron chi connectivity index (χ1n) is 6.30. The number of pyridine rings is 1. The van der Waals surface area contributed by atoms with Gasteiger partial charge >= 0.3 is 0 Å². The van der Waals surface area contributed by atoms with Crippen molar-refractivity contribution in [2.75, 3.05) is 0 Å². The van der Waals surface area contributed by atoms with Crippen molar-refractivity contribution >= 4 is 22.4 Å². The molecule has 0 radical (unpaired) electrons. The van der Waals surface area contributed by atoms with Crippen LogP contribution >= 0.6 is 11.6 Å². The minimum absolute atomic E-state index is 0.0706. The van der Waals surface area contributed by atoms with E-state index in [9.17, 15) is 8.78 Å². The highest BCUT2D eigenvalue weighted by Gasteiger charge is 2.18. The first-order valence-corrected chi connectivity index (χ1v) is 6.68. The fraction of sp³-hybridized carbons (Fsp3) is 0.0625. The van der Waals surface area contributed by atoms with Crippen LogP contribution in [0.2, 0.25) is 5.02 Å². The maximum absolute atomic E-state index is 14.0. The number of benzene rings is 2. The van der Waals surface area contributed by atoms with Crippen molar-refractivity contribution < 1.29 is 8.78 Å². The second kappa shape index (κ2) is 5.39. The molecule has 0 amide bonds.